The zero-order valence-corrected chi connectivity index (χ0v) is 22.0. The zero-order valence-electron chi connectivity index (χ0n) is 19.6. The van der Waals surface area contributed by atoms with E-state index in [2.05, 4.69) is 15.9 Å². The minimum Gasteiger partial charge on any atom is -0.508 e. The first kappa shape index (κ1) is 24.9. The van der Waals surface area contributed by atoms with Crippen LogP contribution in [0.1, 0.15) is 43.9 Å². The van der Waals surface area contributed by atoms with Gasteiger partial charge in [-0.05, 0) is 55.3 Å². The number of fused-ring (bicyclic) bond motifs is 1. The molecule has 1 aliphatic heterocycles. The predicted molar refractivity (Wildman–Crippen MR) is 138 cm³/mol. The fourth-order valence-electron chi connectivity index (χ4n) is 4.06. The number of ether oxygens (including phenoxy) is 2. The predicted octanol–water partition coefficient (Wildman–Crippen LogP) is 4.06. The standard InChI is InChI=1S/C26H25BrN2O5S/c1-4-6-19-22(25(32)34-5-2)23(18-14-16(27)9-12-20(18)33-3)29-24(31)21(35-26(29)28-19)13-15-7-10-17(30)11-8-15/h7-14,23,30H,4-6H2,1-3H3/b21-13+/t23-/m1/s1. The number of carbonyl (C=O) groups is 1. The van der Waals surface area contributed by atoms with E-state index in [1.807, 2.05) is 19.1 Å². The largest absolute Gasteiger partial charge is 0.508 e. The van der Waals surface area contributed by atoms with Crippen LogP contribution >= 0.6 is 27.3 Å². The van der Waals surface area contributed by atoms with E-state index < -0.39 is 12.0 Å². The molecule has 1 atom stereocenters. The number of aromatic hydroxyl groups is 1. The van der Waals surface area contributed by atoms with Gasteiger partial charge >= 0.3 is 5.97 Å². The summed E-state index contributed by atoms with van der Waals surface area (Å²) in [6.07, 6.45) is 3.09. The molecular formula is C26H25BrN2O5S. The Morgan fingerprint density at radius 1 is 1.23 bits per heavy atom. The monoisotopic (exact) mass is 556 g/mol. The molecule has 2 heterocycles. The smallest absolute Gasteiger partial charge is 0.338 e. The number of methoxy groups -OCH3 is 1. The van der Waals surface area contributed by atoms with Crippen molar-refractivity contribution in [3.8, 4) is 11.5 Å². The van der Waals surface area contributed by atoms with Gasteiger partial charge in [-0.3, -0.25) is 9.36 Å². The molecule has 35 heavy (non-hydrogen) atoms. The highest BCUT2D eigenvalue weighted by molar-refractivity contribution is 9.10. The molecule has 0 aliphatic carbocycles. The van der Waals surface area contributed by atoms with Gasteiger partial charge in [-0.25, -0.2) is 9.79 Å². The summed E-state index contributed by atoms with van der Waals surface area (Å²) in [5, 5.41) is 9.59. The third-order valence-corrected chi connectivity index (χ3v) is 7.05. The minimum atomic E-state index is -0.763. The number of rotatable bonds is 7. The van der Waals surface area contributed by atoms with Crippen molar-refractivity contribution in [1.82, 2.24) is 4.57 Å². The lowest BCUT2D eigenvalue weighted by Gasteiger charge is -2.27. The molecule has 1 aliphatic rings. The first-order valence-corrected chi connectivity index (χ1v) is 12.8. The molecule has 2 aromatic carbocycles. The second-order valence-electron chi connectivity index (χ2n) is 7.89. The molecule has 0 unspecified atom stereocenters. The second kappa shape index (κ2) is 10.6. The van der Waals surface area contributed by atoms with Crippen LogP contribution < -0.4 is 19.6 Å². The maximum atomic E-state index is 13.7. The van der Waals surface area contributed by atoms with Gasteiger partial charge in [0.05, 0.1) is 29.5 Å². The molecule has 4 rings (SSSR count). The van der Waals surface area contributed by atoms with Crippen LogP contribution in [0, 0.1) is 0 Å². The van der Waals surface area contributed by atoms with Crippen molar-refractivity contribution in [3.63, 3.8) is 0 Å². The maximum Gasteiger partial charge on any atom is 0.338 e. The molecule has 0 saturated carbocycles. The number of aromatic nitrogens is 1. The van der Waals surface area contributed by atoms with Gasteiger partial charge in [0, 0.05) is 10.0 Å². The van der Waals surface area contributed by atoms with Crippen molar-refractivity contribution in [3.05, 3.63) is 89.0 Å². The molecule has 182 valence electrons. The maximum absolute atomic E-state index is 13.7. The van der Waals surface area contributed by atoms with Gasteiger partial charge in [0.1, 0.15) is 17.5 Å². The van der Waals surface area contributed by atoms with Crippen molar-refractivity contribution in [2.75, 3.05) is 13.7 Å². The van der Waals surface area contributed by atoms with Crippen molar-refractivity contribution in [2.45, 2.75) is 32.7 Å². The Labute approximate surface area is 214 Å². The highest BCUT2D eigenvalue weighted by Gasteiger charge is 2.36. The number of benzene rings is 2. The van der Waals surface area contributed by atoms with Gasteiger partial charge in [0.15, 0.2) is 4.80 Å². The summed E-state index contributed by atoms with van der Waals surface area (Å²) in [7, 11) is 1.56. The minimum absolute atomic E-state index is 0.147. The Bertz CT molecular complexity index is 1470. The van der Waals surface area contributed by atoms with Gasteiger partial charge in [0.2, 0.25) is 0 Å². The van der Waals surface area contributed by atoms with Crippen LogP contribution in [-0.4, -0.2) is 29.4 Å². The van der Waals surface area contributed by atoms with Gasteiger partial charge in [0.25, 0.3) is 5.56 Å². The molecule has 0 bridgehead atoms. The molecule has 0 saturated heterocycles. The SMILES string of the molecule is CCCC1=C(C(=O)OCC)[C@@H](c2cc(Br)ccc2OC)n2c(s/c(=C/c3ccc(O)cc3)c2=O)=N1. The van der Waals surface area contributed by atoms with Crippen molar-refractivity contribution < 1.29 is 19.4 Å². The number of halogens is 1. The van der Waals surface area contributed by atoms with Crippen molar-refractivity contribution in [2.24, 2.45) is 4.99 Å². The molecular weight excluding hydrogens is 532 g/mol. The van der Waals surface area contributed by atoms with Crippen molar-refractivity contribution >= 4 is 39.3 Å². The van der Waals surface area contributed by atoms with Crippen LogP contribution in [0.4, 0.5) is 0 Å². The van der Waals surface area contributed by atoms with E-state index >= 15 is 0 Å². The summed E-state index contributed by atoms with van der Waals surface area (Å²) in [5.41, 5.74) is 2.10. The number of hydrogen-bond acceptors (Lipinski definition) is 7. The number of hydrogen-bond donors (Lipinski definition) is 1. The average Bonchev–Trinajstić information content (AvgIpc) is 3.14. The number of allylic oxidation sites excluding steroid dienone is 1. The summed E-state index contributed by atoms with van der Waals surface area (Å²) in [6, 6.07) is 11.3. The lowest BCUT2D eigenvalue weighted by molar-refractivity contribution is -0.139. The van der Waals surface area contributed by atoms with Crippen LogP contribution in [0.2, 0.25) is 0 Å². The number of phenolic OH excluding ortho intramolecular Hbond substituents is 1. The molecule has 0 radical (unpaired) electrons. The Morgan fingerprint density at radius 3 is 2.63 bits per heavy atom. The molecule has 9 heteroatoms. The van der Waals surface area contributed by atoms with Gasteiger partial charge in [-0.15, -0.1) is 0 Å². The molecule has 0 amide bonds. The van der Waals surface area contributed by atoms with E-state index in [0.29, 0.717) is 38.3 Å². The van der Waals surface area contributed by atoms with Crippen LogP contribution in [-0.2, 0) is 9.53 Å². The number of carbonyl (C=O) groups excluding carboxylic acids is 1. The molecule has 0 fully saturated rings. The van der Waals surface area contributed by atoms with Crippen LogP contribution in [0.15, 0.2) is 68.0 Å². The number of phenols is 1. The highest BCUT2D eigenvalue weighted by atomic mass is 79.9. The molecule has 1 N–H and O–H groups in total. The van der Waals surface area contributed by atoms with Gasteiger partial charge < -0.3 is 14.6 Å². The van der Waals surface area contributed by atoms with E-state index in [4.69, 9.17) is 14.5 Å². The summed E-state index contributed by atoms with van der Waals surface area (Å²) in [5.74, 6) is 0.194. The third kappa shape index (κ3) is 4.97. The fourth-order valence-corrected chi connectivity index (χ4v) is 5.45. The number of esters is 1. The molecule has 7 nitrogen and oxygen atoms in total. The first-order valence-electron chi connectivity index (χ1n) is 11.2. The quantitative estimate of drug-likeness (QED) is 0.443. The zero-order chi connectivity index (χ0) is 25.1. The summed E-state index contributed by atoms with van der Waals surface area (Å²) in [4.78, 5) is 32.3. The van der Waals surface area contributed by atoms with Crippen LogP contribution in [0.25, 0.3) is 6.08 Å². The summed E-state index contributed by atoms with van der Waals surface area (Å²) in [6.45, 7) is 3.97. The highest BCUT2D eigenvalue weighted by Crippen LogP contribution is 2.38. The van der Waals surface area contributed by atoms with Gasteiger partial charge in [-0.2, -0.15) is 0 Å². The van der Waals surface area contributed by atoms with Gasteiger partial charge in [-0.1, -0.05) is 52.7 Å². The molecule has 3 aromatic rings. The first-order chi connectivity index (χ1) is 16.9. The van der Waals surface area contributed by atoms with Crippen molar-refractivity contribution in [1.29, 1.82) is 0 Å². The lowest BCUT2D eigenvalue weighted by atomic mass is 9.93. The Balaban J connectivity index is 2.04. The second-order valence-corrected chi connectivity index (χ2v) is 9.82. The van der Waals surface area contributed by atoms with E-state index in [1.54, 1.807) is 55.0 Å². The Kier molecular flexibility index (Phi) is 7.57. The third-order valence-electron chi connectivity index (χ3n) is 5.57. The number of nitrogens with zero attached hydrogens (tertiary/aromatic N) is 2. The van der Waals surface area contributed by atoms with Crippen LogP contribution in [0.5, 0.6) is 11.5 Å². The summed E-state index contributed by atoms with van der Waals surface area (Å²) < 4.78 is 13.9. The fraction of sp³-hybridized carbons (Fsp3) is 0.269. The lowest BCUT2D eigenvalue weighted by Crippen LogP contribution is -2.40. The normalized spacial score (nSPS) is 15.5. The molecule has 0 spiro atoms. The Hall–Kier alpha value is -3.17. The summed E-state index contributed by atoms with van der Waals surface area (Å²) >= 11 is 4.78. The van der Waals surface area contributed by atoms with E-state index in [9.17, 15) is 14.7 Å². The van der Waals surface area contributed by atoms with Crippen LogP contribution in [0.3, 0.4) is 0 Å². The Morgan fingerprint density at radius 2 is 1.97 bits per heavy atom. The van der Waals surface area contributed by atoms with E-state index in [0.717, 1.165) is 16.5 Å². The average molecular weight is 557 g/mol. The topological polar surface area (TPSA) is 90.1 Å². The number of thiazole rings is 1. The molecule has 1 aromatic heterocycles. The van der Waals surface area contributed by atoms with E-state index in [-0.39, 0.29) is 17.9 Å². The van der Waals surface area contributed by atoms with E-state index in [1.165, 1.54) is 11.3 Å².